The van der Waals surface area contributed by atoms with Gasteiger partial charge in [0, 0.05) is 23.7 Å². The van der Waals surface area contributed by atoms with Crippen LogP contribution in [0.3, 0.4) is 0 Å². The van der Waals surface area contributed by atoms with E-state index in [1.807, 2.05) is 0 Å². The van der Waals surface area contributed by atoms with E-state index in [4.69, 9.17) is 5.73 Å². The maximum atomic E-state index is 14.2. The molecule has 4 atom stereocenters. The fraction of sp³-hybridized carbons (Fsp3) is 0.304. The molecular formula is C23H20F2N4O4. The number of likely N-dealkylation sites (tertiary alicyclic amines) is 1. The summed E-state index contributed by atoms with van der Waals surface area (Å²) in [5.41, 5.74) is 4.76. The van der Waals surface area contributed by atoms with Gasteiger partial charge >= 0.3 is 0 Å². The Balaban J connectivity index is 1.58. The van der Waals surface area contributed by atoms with Crippen molar-refractivity contribution >= 4 is 29.3 Å². The molecule has 2 aromatic carbocycles. The molecule has 4 amide bonds. The van der Waals surface area contributed by atoms with E-state index in [2.05, 4.69) is 10.6 Å². The van der Waals surface area contributed by atoms with Crippen molar-refractivity contribution in [3.8, 4) is 0 Å². The summed E-state index contributed by atoms with van der Waals surface area (Å²) in [5, 5.41) is 5.78. The lowest BCUT2D eigenvalue weighted by atomic mass is 9.76. The number of carbonyl (C=O) groups is 4. The fourth-order valence-corrected chi connectivity index (χ4v) is 5.31. The molecule has 2 fully saturated rings. The summed E-state index contributed by atoms with van der Waals surface area (Å²) in [6, 6.07) is 8.45. The van der Waals surface area contributed by atoms with E-state index >= 15 is 0 Å². The van der Waals surface area contributed by atoms with Crippen molar-refractivity contribution < 1.29 is 28.0 Å². The second-order valence-corrected chi connectivity index (χ2v) is 8.60. The number of carbonyl (C=O) groups excluding carboxylic acids is 4. The van der Waals surface area contributed by atoms with Crippen molar-refractivity contribution in [2.45, 2.75) is 31.0 Å². The molecule has 3 aliphatic rings. The van der Waals surface area contributed by atoms with Crippen molar-refractivity contribution in [3.05, 3.63) is 65.2 Å². The quantitative estimate of drug-likeness (QED) is 0.586. The van der Waals surface area contributed by atoms with Crippen LogP contribution in [0.4, 0.5) is 14.5 Å². The molecule has 2 aromatic rings. The third kappa shape index (κ3) is 3.12. The van der Waals surface area contributed by atoms with Crippen LogP contribution in [-0.4, -0.2) is 34.6 Å². The number of nitrogens with zero attached hydrogens (tertiary/aromatic N) is 1. The second kappa shape index (κ2) is 7.45. The van der Waals surface area contributed by atoms with Gasteiger partial charge in [0.25, 0.3) is 0 Å². The zero-order chi connectivity index (χ0) is 23.5. The number of anilines is 1. The van der Waals surface area contributed by atoms with Gasteiger partial charge in [-0.3, -0.25) is 29.4 Å². The van der Waals surface area contributed by atoms with Gasteiger partial charge in [-0.25, -0.2) is 8.78 Å². The Hall–Kier alpha value is -3.66. The van der Waals surface area contributed by atoms with Gasteiger partial charge in [0.1, 0.15) is 17.2 Å². The van der Waals surface area contributed by atoms with Gasteiger partial charge in [-0.2, -0.15) is 0 Å². The topological polar surface area (TPSA) is 122 Å². The summed E-state index contributed by atoms with van der Waals surface area (Å²) in [4.78, 5) is 52.7. The Morgan fingerprint density at radius 3 is 2.42 bits per heavy atom. The maximum absolute atomic E-state index is 14.2. The third-order valence-corrected chi connectivity index (χ3v) is 6.72. The van der Waals surface area contributed by atoms with E-state index < -0.39 is 58.7 Å². The highest BCUT2D eigenvalue weighted by molar-refractivity contribution is 6.15. The number of fused-ring (bicyclic) bond motifs is 4. The molecule has 33 heavy (non-hydrogen) atoms. The van der Waals surface area contributed by atoms with Crippen molar-refractivity contribution in [3.63, 3.8) is 0 Å². The van der Waals surface area contributed by atoms with Gasteiger partial charge in [-0.15, -0.1) is 0 Å². The van der Waals surface area contributed by atoms with Gasteiger partial charge < -0.3 is 11.1 Å². The average Bonchev–Trinajstić information content (AvgIpc) is 3.34. The molecule has 2 saturated heterocycles. The molecule has 5 rings (SSSR count). The van der Waals surface area contributed by atoms with Crippen molar-refractivity contribution in [2.75, 3.05) is 5.32 Å². The standard InChI is InChI=1S/C23H20F2N4O4/c24-12-3-1-11(2-4-12)10-29-20(31)18-16(7-8-17(26)30)28-23(19(18)21(29)32)14-9-13(25)5-6-15(14)27-22(23)33/h1-6,9,16,18-19,28H,7-8,10H2,(H2,26,30)(H,27,33)/t16?,18-,19+,23?/m1/s1. The summed E-state index contributed by atoms with van der Waals surface area (Å²) >= 11 is 0. The molecule has 3 aliphatic heterocycles. The van der Waals surface area contributed by atoms with Crippen molar-refractivity contribution in [2.24, 2.45) is 17.6 Å². The summed E-state index contributed by atoms with van der Waals surface area (Å²) in [6.45, 7) is -0.0960. The molecule has 8 nitrogen and oxygen atoms in total. The molecule has 1 spiro atoms. The van der Waals surface area contributed by atoms with E-state index in [1.54, 1.807) is 0 Å². The number of benzene rings is 2. The summed E-state index contributed by atoms with van der Waals surface area (Å²) in [5.74, 6) is -5.37. The highest BCUT2D eigenvalue weighted by Crippen LogP contribution is 2.53. The van der Waals surface area contributed by atoms with Crippen LogP contribution in [0.5, 0.6) is 0 Å². The van der Waals surface area contributed by atoms with Crippen LogP contribution >= 0.6 is 0 Å². The van der Waals surface area contributed by atoms with E-state index in [0.29, 0.717) is 11.3 Å². The van der Waals surface area contributed by atoms with E-state index in [1.165, 1.54) is 42.5 Å². The van der Waals surface area contributed by atoms with E-state index in [9.17, 15) is 28.0 Å². The Morgan fingerprint density at radius 1 is 1.03 bits per heavy atom. The molecule has 3 heterocycles. The number of halogens is 2. The molecule has 0 aliphatic carbocycles. The molecule has 170 valence electrons. The van der Waals surface area contributed by atoms with Crippen molar-refractivity contribution in [1.29, 1.82) is 0 Å². The number of hydrogen-bond acceptors (Lipinski definition) is 5. The predicted molar refractivity (Wildman–Crippen MR) is 111 cm³/mol. The van der Waals surface area contributed by atoms with Crippen LogP contribution in [0.1, 0.15) is 24.0 Å². The lowest BCUT2D eigenvalue weighted by molar-refractivity contribution is -0.143. The number of rotatable bonds is 5. The highest BCUT2D eigenvalue weighted by atomic mass is 19.1. The Morgan fingerprint density at radius 2 is 1.73 bits per heavy atom. The van der Waals surface area contributed by atoms with Gasteiger partial charge in [-0.05, 0) is 42.3 Å². The zero-order valence-electron chi connectivity index (χ0n) is 17.3. The maximum Gasteiger partial charge on any atom is 0.250 e. The van der Waals surface area contributed by atoms with E-state index in [0.717, 1.165) is 4.90 Å². The zero-order valence-corrected chi connectivity index (χ0v) is 17.3. The smallest absolute Gasteiger partial charge is 0.250 e. The lowest BCUT2D eigenvalue weighted by Gasteiger charge is -2.29. The van der Waals surface area contributed by atoms with Gasteiger partial charge in [-0.1, -0.05) is 12.1 Å². The first kappa shape index (κ1) is 21.2. The minimum absolute atomic E-state index is 0.0615. The van der Waals surface area contributed by atoms with Gasteiger partial charge in [0.2, 0.25) is 23.6 Å². The molecule has 0 aromatic heterocycles. The number of imide groups is 1. The first-order valence-corrected chi connectivity index (χ1v) is 10.5. The normalized spacial score (nSPS) is 27.8. The summed E-state index contributed by atoms with van der Waals surface area (Å²) in [6.07, 6.45) is 0.0631. The van der Waals surface area contributed by atoms with Crippen LogP contribution in [0.2, 0.25) is 0 Å². The molecule has 0 radical (unpaired) electrons. The first-order chi connectivity index (χ1) is 15.7. The number of amides is 4. The number of hydrogen-bond donors (Lipinski definition) is 3. The number of primary amides is 1. The van der Waals surface area contributed by atoms with Gasteiger partial charge in [0.05, 0.1) is 18.4 Å². The average molecular weight is 454 g/mol. The van der Waals surface area contributed by atoms with Crippen LogP contribution in [0.25, 0.3) is 0 Å². The molecular weight excluding hydrogens is 434 g/mol. The van der Waals surface area contributed by atoms with Crippen LogP contribution in [0, 0.1) is 23.5 Å². The highest BCUT2D eigenvalue weighted by Gasteiger charge is 2.70. The second-order valence-electron chi connectivity index (χ2n) is 8.60. The summed E-state index contributed by atoms with van der Waals surface area (Å²) in [7, 11) is 0. The lowest BCUT2D eigenvalue weighted by Crippen LogP contribution is -2.53. The minimum atomic E-state index is -1.66. The monoisotopic (exact) mass is 454 g/mol. The Labute approximate surface area is 187 Å². The van der Waals surface area contributed by atoms with Gasteiger partial charge in [0.15, 0.2) is 0 Å². The summed E-state index contributed by atoms with van der Waals surface area (Å²) < 4.78 is 27.5. The molecule has 2 unspecified atom stereocenters. The molecule has 4 N–H and O–H groups in total. The Bertz CT molecular complexity index is 1200. The van der Waals surface area contributed by atoms with Crippen molar-refractivity contribution in [1.82, 2.24) is 10.2 Å². The predicted octanol–water partition coefficient (Wildman–Crippen LogP) is 1.15. The third-order valence-electron chi connectivity index (χ3n) is 6.72. The largest absolute Gasteiger partial charge is 0.370 e. The minimum Gasteiger partial charge on any atom is -0.370 e. The van der Waals surface area contributed by atoms with Crippen LogP contribution in [-0.2, 0) is 31.3 Å². The number of nitrogens with one attached hydrogen (secondary N) is 2. The van der Waals surface area contributed by atoms with Crippen LogP contribution in [0.15, 0.2) is 42.5 Å². The SMILES string of the molecule is NC(=O)CCC1NC2(C(=O)Nc3ccc(F)cc32)[C@@H]2C(=O)N(Cc3ccc(F)cc3)C(=O)[C@H]12. The number of nitrogens with two attached hydrogens (primary N) is 1. The molecule has 0 saturated carbocycles. The van der Waals surface area contributed by atoms with E-state index in [-0.39, 0.29) is 24.9 Å². The first-order valence-electron chi connectivity index (χ1n) is 10.5. The molecule has 0 bridgehead atoms. The fourth-order valence-electron chi connectivity index (χ4n) is 5.31. The van der Waals surface area contributed by atoms with Crippen LogP contribution < -0.4 is 16.4 Å². The molecule has 10 heteroatoms. The Kier molecular flexibility index (Phi) is 4.78.